The number of hydrogen-bond acceptors (Lipinski definition) is 3. The minimum atomic E-state index is -0.202. The Morgan fingerprint density at radius 2 is 2.25 bits per heavy atom. The molecule has 0 aromatic heterocycles. The lowest BCUT2D eigenvalue weighted by molar-refractivity contribution is 0.0553. The van der Waals surface area contributed by atoms with E-state index in [0.29, 0.717) is 12.1 Å². The summed E-state index contributed by atoms with van der Waals surface area (Å²) in [4.78, 5) is 5.08. The first kappa shape index (κ1) is 14.0. The van der Waals surface area contributed by atoms with Gasteiger partial charge < -0.3 is 5.73 Å². The van der Waals surface area contributed by atoms with Crippen LogP contribution in [0.3, 0.4) is 0 Å². The maximum Gasteiger partial charge on any atom is 0.123 e. The molecule has 110 valence electrons. The highest BCUT2D eigenvalue weighted by Crippen LogP contribution is 2.25. The Morgan fingerprint density at radius 3 is 3.05 bits per heavy atom. The van der Waals surface area contributed by atoms with E-state index in [0.717, 1.165) is 25.2 Å². The standard InChI is InChI=1S/C16H24FN3/c1-12-9-19-7-3-6-15(19)10-20(12)11-16(18)13-4-2-5-14(17)8-13/h2,4-5,8,12,15-16H,3,6-7,9-11,18H2,1H3. The molecule has 2 saturated heterocycles. The molecule has 1 aromatic rings. The maximum absolute atomic E-state index is 13.3. The van der Waals surface area contributed by atoms with Crippen molar-refractivity contribution in [2.75, 3.05) is 26.2 Å². The summed E-state index contributed by atoms with van der Waals surface area (Å²) in [6.07, 6.45) is 2.62. The average Bonchev–Trinajstić information content (AvgIpc) is 2.86. The van der Waals surface area contributed by atoms with Crippen LogP contribution in [0.1, 0.15) is 31.4 Å². The Kier molecular flexibility index (Phi) is 4.06. The Labute approximate surface area is 120 Å². The summed E-state index contributed by atoms with van der Waals surface area (Å²) in [5.74, 6) is -0.202. The van der Waals surface area contributed by atoms with Crippen LogP contribution in [0.25, 0.3) is 0 Å². The van der Waals surface area contributed by atoms with Gasteiger partial charge in [-0.2, -0.15) is 0 Å². The van der Waals surface area contributed by atoms with Gasteiger partial charge in [0.25, 0.3) is 0 Å². The molecule has 0 amide bonds. The second-order valence-electron chi connectivity index (χ2n) is 6.26. The number of rotatable bonds is 3. The van der Waals surface area contributed by atoms with Crippen molar-refractivity contribution in [2.24, 2.45) is 5.73 Å². The highest BCUT2D eigenvalue weighted by atomic mass is 19.1. The molecule has 2 heterocycles. The van der Waals surface area contributed by atoms with Crippen LogP contribution in [0.2, 0.25) is 0 Å². The second-order valence-corrected chi connectivity index (χ2v) is 6.26. The van der Waals surface area contributed by atoms with Crippen LogP contribution < -0.4 is 5.73 Å². The molecule has 4 heteroatoms. The van der Waals surface area contributed by atoms with Crippen molar-refractivity contribution in [3.05, 3.63) is 35.6 Å². The van der Waals surface area contributed by atoms with Crippen molar-refractivity contribution in [3.63, 3.8) is 0 Å². The summed E-state index contributed by atoms with van der Waals surface area (Å²) < 4.78 is 13.3. The second kappa shape index (κ2) is 5.80. The zero-order valence-corrected chi connectivity index (χ0v) is 12.1. The van der Waals surface area contributed by atoms with Gasteiger partial charge in [-0.05, 0) is 44.0 Å². The summed E-state index contributed by atoms with van der Waals surface area (Å²) in [5, 5.41) is 0. The number of piperazine rings is 1. The fraction of sp³-hybridized carbons (Fsp3) is 0.625. The van der Waals surface area contributed by atoms with Gasteiger partial charge in [-0.15, -0.1) is 0 Å². The highest BCUT2D eigenvalue weighted by molar-refractivity contribution is 5.20. The maximum atomic E-state index is 13.3. The molecule has 2 aliphatic rings. The topological polar surface area (TPSA) is 32.5 Å². The van der Waals surface area contributed by atoms with Crippen molar-refractivity contribution >= 4 is 0 Å². The molecule has 1 aromatic carbocycles. The summed E-state index contributed by atoms with van der Waals surface area (Å²) in [6.45, 7) is 6.57. The van der Waals surface area contributed by atoms with Gasteiger partial charge in [0, 0.05) is 37.8 Å². The first-order valence-corrected chi connectivity index (χ1v) is 7.62. The van der Waals surface area contributed by atoms with Crippen molar-refractivity contribution in [1.29, 1.82) is 0 Å². The minimum Gasteiger partial charge on any atom is -0.323 e. The monoisotopic (exact) mass is 277 g/mol. The third-order valence-corrected chi connectivity index (χ3v) is 4.77. The van der Waals surface area contributed by atoms with E-state index in [1.54, 1.807) is 12.1 Å². The molecule has 0 bridgehead atoms. The van der Waals surface area contributed by atoms with Crippen molar-refractivity contribution in [2.45, 2.75) is 37.9 Å². The van der Waals surface area contributed by atoms with Gasteiger partial charge in [-0.3, -0.25) is 9.80 Å². The van der Waals surface area contributed by atoms with Crippen molar-refractivity contribution in [3.8, 4) is 0 Å². The van der Waals surface area contributed by atoms with E-state index in [-0.39, 0.29) is 11.9 Å². The summed E-state index contributed by atoms with van der Waals surface area (Å²) in [5.41, 5.74) is 7.17. The van der Waals surface area contributed by atoms with E-state index in [1.165, 1.54) is 25.5 Å². The molecule has 3 rings (SSSR count). The van der Waals surface area contributed by atoms with Crippen LogP contribution >= 0.6 is 0 Å². The zero-order valence-electron chi connectivity index (χ0n) is 12.1. The van der Waals surface area contributed by atoms with Gasteiger partial charge in [0.1, 0.15) is 5.82 Å². The predicted octanol–water partition coefficient (Wildman–Crippen LogP) is 1.99. The quantitative estimate of drug-likeness (QED) is 0.917. The van der Waals surface area contributed by atoms with Crippen LogP contribution in [0.15, 0.2) is 24.3 Å². The smallest absolute Gasteiger partial charge is 0.123 e. The van der Waals surface area contributed by atoms with E-state index in [9.17, 15) is 4.39 Å². The van der Waals surface area contributed by atoms with Crippen LogP contribution in [0.4, 0.5) is 4.39 Å². The number of nitrogens with two attached hydrogens (primary N) is 1. The van der Waals surface area contributed by atoms with Crippen LogP contribution in [-0.2, 0) is 0 Å². The average molecular weight is 277 g/mol. The summed E-state index contributed by atoms with van der Waals surface area (Å²) >= 11 is 0. The number of fused-ring (bicyclic) bond motifs is 1. The number of nitrogens with zero attached hydrogens (tertiary/aromatic N) is 2. The molecular formula is C16H24FN3. The number of hydrogen-bond donors (Lipinski definition) is 1. The van der Waals surface area contributed by atoms with Gasteiger partial charge in [0.05, 0.1) is 0 Å². The first-order chi connectivity index (χ1) is 9.63. The molecule has 3 nitrogen and oxygen atoms in total. The normalized spacial score (nSPS) is 29.4. The molecule has 0 spiro atoms. The third kappa shape index (κ3) is 2.87. The Bertz CT molecular complexity index is 465. The van der Waals surface area contributed by atoms with E-state index < -0.39 is 0 Å². The van der Waals surface area contributed by atoms with Crippen molar-refractivity contribution in [1.82, 2.24) is 9.80 Å². The van der Waals surface area contributed by atoms with Gasteiger partial charge in [-0.25, -0.2) is 4.39 Å². The van der Waals surface area contributed by atoms with Crippen LogP contribution in [0.5, 0.6) is 0 Å². The summed E-state index contributed by atoms with van der Waals surface area (Å²) in [7, 11) is 0. The van der Waals surface area contributed by atoms with E-state index in [2.05, 4.69) is 16.7 Å². The van der Waals surface area contributed by atoms with Gasteiger partial charge in [0.2, 0.25) is 0 Å². The number of benzene rings is 1. The van der Waals surface area contributed by atoms with E-state index >= 15 is 0 Å². The fourth-order valence-corrected chi connectivity index (χ4v) is 3.60. The lowest BCUT2D eigenvalue weighted by atomic mass is 10.0. The molecule has 3 atom stereocenters. The van der Waals surface area contributed by atoms with E-state index in [1.807, 2.05) is 6.07 Å². The Balaban J connectivity index is 1.64. The van der Waals surface area contributed by atoms with Gasteiger partial charge in [0.15, 0.2) is 0 Å². The van der Waals surface area contributed by atoms with Crippen molar-refractivity contribution < 1.29 is 4.39 Å². The number of halogens is 1. The molecule has 0 radical (unpaired) electrons. The largest absolute Gasteiger partial charge is 0.323 e. The fourth-order valence-electron chi connectivity index (χ4n) is 3.60. The molecule has 0 aliphatic carbocycles. The molecule has 2 aliphatic heterocycles. The minimum absolute atomic E-state index is 0.110. The van der Waals surface area contributed by atoms with Crippen LogP contribution in [0, 0.1) is 5.82 Å². The summed E-state index contributed by atoms with van der Waals surface area (Å²) in [6, 6.07) is 7.81. The lowest BCUT2D eigenvalue weighted by Gasteiger charge is -2.43. The third-order valence-electron chi connectivity index (χ3n) is 4.77. The molecule has 20 heavy (non-hydrogen) atoms. The van der Waals surface area contributed by atoms with E-state index in [4.69, 9.17) is 5.73 Å². The van der Waals surface area contributed by atoms with Crippen LogP contribution in [-0.4, -0.2) is 48.1 Å². The van der Waals surface area contributed by atoms with Gasteiger partial charge in [-0.1, -0.05) is 12.1 Å². The molecule has 2 N–H and O–H groups in total. The Morgan fingerprint density at radius 1 is 1.40 bits per heavy atom. The lowest BCUT2D eigenvalue weighted by Crippen LogP contribution is -2.56. The Hall–Kier alpha value is -0.970. The zero-order chi connectivity index (χ0) is 14.1. The molecule has 2 fully saturated rings. The SMILES string of the molecule is CC1CN2CCCC2CN1CC(N)c1cccc(F)c1. The highest BCUT2D eigenvalue weighted by Gasteiger charge is 2.34. The first-order valence-electron chi connectivity index (χ1n) is 7.62. The molecular weight excluding hydrogens is 253 g/mol. The molecule has 0 saturated carbocycles. The van der Waals surface area contributed by atoms with Gasteiger partial charge >= 0.3 is 0 Å². The predicted molar refractivity (Wildman–Crippen MR) is 79.0 cm³/mol. The molecule has 3 unspecified atom stereocenters.